The molecule has 2 N–H and O–H groups in total. The molecule has 2 atom stereocenters. The molecule has 0 amide bonds. The van der Waals surface area contributed by atoms with Crippen molar-refractivity contribution in [2.24, 2.45) is 11.8 Å². The Kier molecular flexibility index (Phi) is 4.73. The summed E-state index contributed by atoms with van der Waals surface area (Å²) in [5, 5.41) is 10.2. The van der Waals surface area contributed by atoms with Crippen LogP contribution in [0.4, 0.5) is 11.5 Å². The van der Waals surface area contributed by atoms with Crippen molar-refractivity contribution in [3.8, 4) is 6.07 Å². The molecule has 0 aliphatic carbocycles. The highest BCUT2D eigenvalue weighted by Crippen LogP contribution is 2.33. The van der Waals surface area contributed by atoms with Gasteiger partial charge < -0.3 is 15.2 Å². The summed E-state index contributed by atoms with van der Waals surface area (Å²) >= 11 is 5.98. The standard InChI is InChI=1S/C19H23ClN4/c1-13-7-14(2)11-23(10-13)19-18(22)8-17(9-21)24(19)12-15-3-5-16(20)6-4-15/h3-6,8,13-14H,7,10-12,22H2,1-2H3/t13-,14-/m0/s1. The number of hydrogen-bond acceptors (Lipinski definition) is 3. The lowest BCUT2D eigenvalue weighted by atomic mass is 9.92. The van der Waals surface area contributed by atoms with Crippen LogP contribution in [0.25, 0.3) is 0 Å². The van der Waals surface area contributed by atoms with Crippen molar-refractivity contribution < 1.29 is 0 Å². The van der Waals surface area contributed by atoms with E-state index < -0.39 is 0 Å². The van der Waals surface area contributed by atoms with Crippen molar-refractivity contribution in [3.63, 3.8) is 0 Å². The predicted octanol–water partition coefficient (Wildman–Crippen LogP) is 4.13. The number of nitrogens with zero attached hydrogens (tertiary/aromatic N) is 3. The number of halogens is 1. The average molecular weight is 343 g/mol. The lowest BCUT2D eigenvalue weighted by molar-refractivity contribution is 0.353. The van der Waals surface area contributed by atoms with Gasteiger partial charge in [-0.1, -0.05) is 37.6 Å². The van der Waals surface area contributed by atoms with Crippen LogP contribution in [0.15, 0.2) is 30.3 Å². The number of anilines is 2. The summed E-state index contributed by atoms with van der Waals surface area (Å²) in [5.74, 6) is 2.22. The zero-order valence-electron chi connectivity index (χ0n) is 14.2. The van der Waals surface area contributed by atoms with E-state index in [-0.39, 0.29) is 0 Å². The molecule has 1 fully saturated rings. The summed E-state index contributed by atoms with van der Waals surface area (Å²) < 4.78 is 2.03. The summed E-state index contributed by atoms with van der Waals surface area (Å²) in [4.78, 5) is 2.34. The van der Waals surface area contributed by atoms with Crippen molar-refractivity contribution >= 4 is 23.1 Å². The highest BCUT2D eigenvalue weighted by Gasteiger charge is 2.26. The van der Waals surface area contributed by atoms with Crippen LogP contribution in [0.1, 0.15) is 31.5 Å². The Morgan fingerprint density at radius 3 is 2.42 bits per heavy atom. The molecule has 0 unspecified atom stereocenters. The van der Waals surface area contributed by atoms with Gasteiger partial charge in [-0.25, -0.2) is 0 Å². The molecule has 0 bridgehead atoms. The molecule has 24 heavy (non-hydrogen) atoms. The largest absolute Gasteiger partial charge is 0.396 e. The van der Waals surface area contributed by atoms with E-state index in [2.05, 4.69) is 24.8 Å². The first-order valence-electron chi connectivity index (χ1n) is 8.36. The molecule has 1 aliphatic heterocycles. The number of benzene rings is 1. The third kappa shape index (κ3) is 3.37. The van der Waals surface area contributed by atoms with Crippen molar-refractivity contribution in [1.82, 2.24) is 4.57 Å². The van der Waals surface area contributed by atoms with E-state index in [0.717, 1.165) is 24.5 Å². The van der Waals surface area contributed by atoms with E-state index in [1.807, 2.05) is 28.8 Å². The molecule has 0 saturated carbocycles. The molecule has 1 aromatic carbocycles. The molecular weight excluding hydrogens is 320 g/mol. The Balaban J connectivity index is 1.98. The maximum absolute atomic E-state index is 9.51. The number of nitrogens with two attached hydrogens (primary N) is 1. The third-order valence-corrected chi connectivity index (χ3v) is 4.89. The zero-order valence-corrected chi connectivity index (χ0v) is 14.9. The summed E-state index contributed by atoms with van der Waals surface area (Å²) in [6, 6.07) is 11.8. The normalized spacial score (nSPS) is 20.8. The highest BCUT2D eigenvalue weighted by molar-refractivity contribution is 6.30. The first kappa shape index (κ1) is 16.7. The van der Waals surface area contributed by atoms with Gasteiger partial charge >= 0.3 is 0 Å². The first-order valence-corrected chi connectivity index (χ1v) is 8.74. The average Bonchev–Trinajstić information content (AvgIpc) is 2.84. The SMILES string of the molecule is C[C@H]1C[C@H](C)CN(c2c(N)cc(C#N)n2Cc2ccc(Cl)cc2)C1. The topological polar surface area (TPSA) is 58.0 Å². The lowest BCUT2D eigenvalue weighted by Gasteiger charge is -2.37. The fourth-order valence-corrected chi connectivity index (χ4v) is 3.90. The van der Waals surface area contributed by atoms with Crippen LogP contribution >= 0.6 is 11.6 Å². The minimum atomic E-state index is 0.600. The zero-order chi connectivity index (χ0) is 17.3. The van der Waals surface area contributed by atoms with Gasteiger partial charge in [-0.2, -0.15) is 5.26 Å². The van der Waals surface area contributed by atoms with Crippen LogP contribution < -0.4 is 10.6 Å². The molecule has 4 nitrogen and oxygen atoms in total. The van der Waals surface area contributed by atoms with Gasteiger partial charge in [0, 0.05) is 18.1 Å². The molecule has 2 heterocycles. The second-order valence-electron chi connectivity index (χ2n) is 6.98. The van der Waals surface area contributed by atoms with E-state index in [4.69, 9.17) is 17.3 Å². The summed E-state index contributed by atoms with van der Waals surface area (Å²) in [6.45, 7) is 7.12. The van der Waals surface area contributed by atoms with E-state index in [1.165, 1.54) is 6.42 Å². The Morgan fingerprint density at radius 1 is 1.21 bits per heavy atom. The van der Waals surface area contributed by atoms with Gasteiger partial charge in [-0.3, -0.25) is 0 Å². The number of aromatic nitrogens is 1. The molecule has 1 aromatic heterocycles. The van der Waals surface area contributed by atoms with Gasteiger partial charge in [0.05, 0.1) is 12.2 Å². The molecule has 2 aromatic rings. The molecule has 126 valence electrons. The monoisotopic (exact) mass is 342 g/mol. The van der Waals surface area contributed by atoms with Crippen LogP contribution in [0.2, 0.25) is 5.02 Å². The van der Waals surface area contributed by atoms with E-state index in [9.17, 15) is 5.26 Å². The maximum atomic E-state index is 9.51. The minimum absolute atomic E-state index is 0.600. The quantitative estimate of drug-likeness (QED) is 0.912. The number of nitriles is 1. The second-order valence-corrected chi connectivity index (χ2v) is 7.42. The van der Waals surface area contributed by atoms with E-state index >= 15 is 0 Å². The van der Waals surface area contributed by atoms with Crippen LogP contribution in [-0.4, -0.2) is 17.7 Å². The van der Waals surface area contributed by atoms with Crippen LogP contribution in [0, 0.1) is 23.2 Å². The van der Waals surface area contributed by atoms with Crippen molar-refractivity contribution in [2.45, 2.75) is 26.8 Å². The van der Waals surface area contributed by atoms with E-state index in [0.29, 0.717) is 34.8 Å². The Bertz CT molecular complexity index is 747. The van der Waals surface area contributed by atoms with Crippen LogP contribution in [0.5, 0.6) is 0 Å². The van der Waals surface area contributed by atoms with Crippen molar-refractivity contribution in [3.05, 3.63) is 46.6 Å². The Labute approximate surface area is 148 Å². The summed E-state index contributed by atoms with van der Waals surface area (Å²) in [5.41, 5.74) is 8.67. The second kappa shape index (κ2) is 6.78. The van der Waals surface area contributed by atoms with E-state index in [1.54, 1.807) is 6.07 Å². The van der Waals surface area contributed by atoms with Gasteiger partial charge in [-0.05, 0) is 42.0 Å². The summed E-state index contributed by atoms with van der Waals surface area (Å²) in [6.07, 6.45) is 1.24. The third-order valence-electron chi connectivity index (χ3n) is 4.63. The maximum Gasteiger partial charge on any atom is 0.133 e. The Morgan fingerprint density at radius 2 is 1.83 bits per heavy atom. The molecule has 1 saturated heterocycles. The molecule has 0 radical (unpaired) electrons. The summed E-state index contributed by atoms with van der Waals surface area (Å²) in [7, 11) is 0. The molecule has 1 aliphatic rings. The fourth-order valence-electron chi connectivity index (χ4n) is 3.77. The van der Waals surface area contributed by atoms with Gasteiger partial charge in [-0.15, -0.1) is 0 Å². The van der Waals surface area contributed by atoms with Crippen molar-refractivity contribution in [2.75, 3.05) is 23.7 Å². The van der Waals surface area contributed by atoms with Gasteiger partial charge in [0.2, 0.25) is 0 Å². The molecule has 5 heteroatoms. The highest BCUT2D eigenvalue weighted by atomic mass is 35.5. The number of nitrogen functional groups attached to an aromatic ring is 1. The molecule has 3 rings (SSSR count). The van der Waals surface area contributed by atoms with Gasteiger partial charge in [0.15, 0.2) is 0 Å². The number of piperidine rings is 1. The minimum Gasteiger partial charge on any atom is -0.396 e. The number of hydrogen-bond donors (Lipinski definition) is 1. The first-order chi connectivity index (χ1) is 11.5. The smallest absolute Gasteiger partial charge is 0.133 e. The number of rotatable bonds is 3. The van der Waals surface area contributed by atoms with Crippen molar-refractivity contribution in [1.29, 1.82) is 5.26 Å². The molecule has 0 spiro atoms. The van der Waals surface area contributed by atoms with Crippen LogP contribution in [0.3, 0.4) is 0 Å². The molecular formula is C19H23ClN4. The van der Waals surface area contributed by atoms with Crippen LogP contribution in [-0.2, 0) is 6.54 Å². The lowest BCUT2D eigenvalue weighted by Crippen LogP contribution is -2.40. The van der Waals surface area contributed by atoms with Gasteiger partial charge in [0.25, 0.3) is 0 Å². The predicted molar refractivity (Wildman–Crippen MR) is 99.3 cm³/mol. The van der Waals surface area contributed by atoms with Gasteiger partial charge in [0.1, 0.15) is 17.6 Å². The Hall–Kier alpha value is -2.12. The fraction of sp³-hybridized carbons (Fsp3) is 0.421.